The standard InChI is InChI=1S/C16H19NO2/c17-15(11-13-7-3-1-4-8-13)16(18)19-12-14-9-5-2-6-10-14/h1-10,15-16,18H,11-12,17H2/t15-,16?/m0/s1. The lowest BCUT2D eigenvalue weighted by molar-refractivity contribution is -0.121. The van der Waals surface area contributed by atoms with Gasteiger partial charge in [-0.1, -0.05) is 60.7 Å². The lowest BCUT2D eigenvalue weighted by Crippen LogP contribution is -2.38. The van der Waals surface area contributed by atoms with Gasteiger partial charge in [0, 0.05) is 0 Å². The zero-order valence-electron chi connectivity index (χ0n) is 10.8. The predicted octanol–water partition coefficient (Wildman–Crippen LogP) is 2.09. The van der Waals surface area contributed by atoms with Crippen LogP contribution in [0.15, 0.2) is 60.7 Å². The van der Waals surface area contributed by atoms with Gasteiger partial charge in [-0.25, -0.2) is 0 Å². The molecule has 3 heteroatoms. The Hall–Kier alpha value is -1.68. The summed E-state index contributed by atoms with van der Waals surface area (Å²) in [5.74, 6) is 0. The second kappa shape index (κ2) is 7.04. The van der Waals surface area contributed by atoms with E-state index in [1.807, 2.05) is 60.7 Å². The summed E-state index contributed by atoms with van der Waals surface area (Å²) in [4.78, 5) is 0. The lowest BCUT2D eigenvalue weighted by Gasteiger charge is -2.19. The first-order chi connectivity index (χ1) is 9.25. The normalized spacial score (nSPS) is 14.0. The van der Waals surface area contributed by atoms with Crippen molar-refractivity contribution in [2.24, 2.45) is 5.73 Å². The Morgan fingerprint density at radius 1 is 0.895 bits per heavy atom. The second-order valence-electron chi connectivity index (χ2n) is 4.54. The van der Waals surface area contributed by atoms with Gasteiger partial charge < -0.3 is 15.6 Å². The van der Waals surface area contributed by atoms with Crippen LogP contribution in [0, 0.1) is 0 Å². The summed E-state index contributed by atoms with van der Waals surface area (Å²) in [6.45, 7) is 0.366. The van der Waals surface area contributed by atoms with Crippen LogP contribution in [0.5, 0.6) is 0 Å². The first-order valence-corrected chi connectivity index (χ1v) is 6.39. The number of hydrogen-bond acceptors (Lipinski definition) is 3. The zero-order chi connectivity index (χ0) is 13.5. The molecule has 0 saturated heterocycles. The molecule has 1 unspecified atom stereocenters. The fourth-order valence-electron chi connectivity index (χ4n) is 1.87. The molecule has 0 bridgehead atoms. The predicted molar refractivity (Wildman–Crippen MR) is 75.4 cm³/mol. The fourth-order valence-corrected chi connectivity index (χ4v) is 1.87. The summed E-state index contributed by atoms with van der Waals surface area (Å²) in [6, 6.07) is 19.2. The highest BCUT2D eigenvalue weighted by atomic mass is 16.6. The van der Waals surface area contributed by atoms with Crippen molar-refractivity contribution in [1.82, 2.24) is 0 Å². The SMILES string of the molecule is N[C@@H](Cc1ccccc1)C(O)OCc1ccccc1. The number of nitrogens with two attached hydrogens (primary N) is 1. The molecule has 0 spiro atoms. The van der Waals surface area contributed by atoms with E-state index in [-0.39, 0.29) is 0 Å². The number of ether oxygens (including phenoxy) is 1. The molecule has 0 aliphatic carbocycles. The summed E-state index contributed by atoms with van der Waals surface area (Å²) in [5.41, 5.74) is 8.05. The number of hydrogen-bond donors (Lipinski definition) is 2. The molecule has 3 N–H and O–H groups in total. The molecule has 2 aromatic rings. The van der Waals surface area contributed by atoms with Crippen LogP contribution in [0.3, 0.4) is 0 Å². The second-order valence-corrected chi connectivity index (χ2v) is 4.54. The monoisotopic (exact) mass is 257 g/mol. The van der Waals surface area contributed by atoms with Gasteiger partial charge in [-0.05, 0) is 17.5 Å². The molecule has 0 saturated carbocycles. The summed E-state index contributed by atoms with van der Waals surface area (Å²) in [6.07, 6.45) is -0.364. The van der Waals surface area contributed by atoms with Crippen LogP contribution in [-0.4, -0.2) is 17.4 Å². The van der Waals surface area contributed by atoms with Crippen LogP contribution in [0.1, 0.15) is 11.1 Å². The van der Waals surface area contributed by atoms with Crippen molar-refractivity contribution in [1.29, 1.82) is 0 Å². The molecular weight excluding hydrogens is 238 g/mol. The Morgan fingerprint density at radius 3 is 2.00 bits per heavy atom. The maximum absolute atomic E-state index is 9.89. The summed E-state index contributed by atoms with van der Waals surface area (Å²) in [7, 11) is 0. The van der Waals surface area contributed by atoms with Gasteiger partial charge in [-0.3, -0.25) is 0 Å². The summed E-state index contributed by atoms with van der Waals surface area (Å²) < 4.78 is 5.39. The molecule has 2 aromatic carbocycles. The Labute approximate surface area is 113 Å². The Kier molecular flexibility index (Phi) is 5.10. The molecule has 0 heterocycles. The van der Waals surface area contributed by atoms with Gasteiger partial charge in [0.2, 0.25) is 0 Å². The maximum atomic E-state index is 9.89. The Bertz CT molecular complexity index is 473. The Balaban J connectivity index is 1.81. The van der Waals surface area contributed by atoms with E-state index in [9.17, 15) is 5.11 Å². The van der Waals surface area contributed by atoms with Gasteiger partial charge in [0.1, 0.15) is 0 Å². The van der Waals surface area contributed by atoms with Crippen molar-refractivity contribution >= 4 is 0 Å². The molecule has 2 rings (SSSR count). The average Bonchev–Trinajstić information content (AvgIpc) is 2.47. The van der Waals surface area contributed by atoms with Crippen molar-refractivity contribution in [3.8, 4) is 0 Å². The molecule has 0 radical (unpaired) electrons. The number of benzene rings is 2. The van der Waals surface area contributed by atoms with Gasteiger partial charge >= 0.3 is 0 Å². The zero-order valence-corrected chi connectivity index (χ0v) is 10.8. The fraction of sp³-hybridized carbons (Fsp3) is 0.250. The van der Waals surface area contributed by atoms with E-state index in [0.717, 1.165) is 11.1 Å². The van der Waals surface area contributed by atoms with Crippen LogP contribution in [0.2, 0.25) is 0 Å². The van der Waals surface area contributed by atoms with Gasteiger partial charge in [0.05, 0.1) is 12.6 Å². The highest BCUT2D eigenvalue weighted by Crippen LogP contribution is 2.08. The molecule has 3 nitrogen and oxygen atoms in total. The third-order valence-corrected chi connectivity index (χ3v) is 2.94. The number of rotatable bonds is 6. The highest BCUT2D eigenvalue weighted by Gasteiger charge is 2.15. The van der Waals surface area contributed by atoms with E-state index in [1.54, 1.807) is 0 Å². The molecule has 0 amide bonds. The minimum atomic E-state index is -0.958. The largest absolute Gasteiger partial charge is 0.367 e. The lowest BCUT2D eigenvalue weighted by atomic mass is 10.1. The smallest absolute Gasteiger partial charge is 0.170 e. The first-order valence-electron chi connectivity index (χ1n) is 6.39. The van der Waals surface area contributed by atoms with Crippen molar-refractivity contribution in [2.75, 3.05) is 0 Å². The van der Waals surface area contributed by atoms with Crippen molar-refractivity contribution in [2.45, 2.75) is 25.4 Å². The molecule has 19 heavy (non-hydrogen) atoms. The average molecular weight is 257 g/mol. The van der Waals surface area contributed by atoms with E-state index in [1.165, 1.54) is 0 Å². The maximum Gasteiger partial charge on any atom is 0.170 e. The highest BCUT2D eigenvalue weighted by molar-refractivity contribution is 5.16. The molecular formula is C16H19NO2. The number of aliphatic hydroxyl groups is 1. The Morgan fingerprint density at radius 2 is 1.42 bits per heavy atom. The van der Waals surface area contributed by atoms with Gasteiger partial charge in [0.15, 0.2) is 6.29 Å². The van der Waals surface area contributed by atoms with Crippen molar-refractivity contribution in [3.63, 3.8) is 0 Å². The van der Waals surface area contributed by atoms with Crippen LogP contribution in [0.4, 0.5) is 0 Å². The van der Waals surface area contributed by atoms with E-state index in [4.69, 9.17) is 10.5 Å². The molecule has 0 aromatic heterocycles. The van der Waals surface area contributed by atoms with E-state index in [2.05, 4.69) is 0 Å². The summed E-state index contributed by atoms with van der Waals surface area (Å²) >= 11 is 0. The van der Waals surface area contributed by atoms with Gasteiger partial charge in [-0.2, -0.15) is 0 Å². The quantitative estimate of drug-likeness (QED) is 0.779. The number of aliphatic hydroxyl groups excluding tert-OH is 1. The van der Waals surface area contributed by atoms with Crippen molar-refractivity contribution in [3.05, 3.63) is 71.8 Å². The van der Waals surface area contributed by atoms with Crippen LogP contribution in [-0.2, 0) is 17.8 Å². The molecule has 100 valence electrons. The van der Waals surface area contributed by atoms with Gasteiger partial charge in [0.25, 0.3) is 0 Å². The van der Waals surface area contributed by atoms with Crippen LogP contribution >= 0.6 is 0 Å². The summed E-state index contributed by atoms with van der Waals surface area (Å²) in [5, 5.41) is 9.89. The van der Waals surface area contributed by atoms with E-state index < -0.39 is 12.3 Å². The van der Waals surface area contributed by atoms with Crippen LogP contribution < -0.4 is 5.73 Å². The molecule has 0 aliphatic rings. The minimum Gasteiger partial charge on any atom is -0.367 e. The topological polar surface area (TPSA) is 55.5 Å². The van der Waals surface area contributed by atoms with Crippen LogP contribution in [0.25, 0.3) is 0 Å². The third kappa shape index (κ3) is 4.48. The van der Waals surface area contributed by atoms with Gasteiger partial charge in [-0.15, -0.1) is 0 Å². The van der Waals surface area contributed by atoms with Crippen molar-refractivity contribution < 1.29 is 9.84 Å². The third-order valence-electron chi connectivity index (χ3n) is 2.94. The van der Waals surface area contributed by atoms with E-state index >= 15 is 0 Å². The molecule has 0 aliphatic heterocycles. The molecule has 2 atom stereocenters. The minimum absolute atomic E-state index is 0.366. The first kappa shape index (κ1) is 13.7. The van der Waals surface area contributed by atoms with E-state index in [0.29, 0.717) is 13.0 Å². The molecule has 0 fully saturated rings.